The Hall–Kier alpha value is -3.04. The largest absolute Gasteiger partial charge is 0.445 e. The monoisotopic (exact) mass is 485 g/mol. The van der Waals surface area contributed by atoms with Crippen LogP contribution in [0.2, 0.25) is 0 Å². The number of Topliss-reactive ketones (excluding diaryl/α,β-unsaturated/α-hetero) is 1. The van der Waals surface area contributed by atoms with Crippen LogP contribution in [0.15, 0.2) is 48.5 Å². The van der Waals surface area contributed by atoms with Gasteiger partial charge in [0.2, 0.25) is 0 Å². The fourth-order valence-corrected chi connectivity index (χ4v) is 4.82. The molecule has 34 heavy (non-hydrogen) atoms. The predicted octanol–water partition coefficient (Wildman–Crippen LogP) is 6.49. The number of piperidine rings is 1. The van der Waals surface area contributed by atoms with E-state index >= 15 is 0 Å². The molecule has 0 spiro atoms. The highest BCUT2D eigenvalue weighted by atomic mass is 19.4. The van der Waals surface area contributed by atoms with E-state index in [9.17, 15) is 35.9 Å². The van der Waals surface area contributed by atoms with Crippen LogP contribution < -0.4 is 0 Å². The summed E-state index contributed by atoms with van der Waals surface area (Å²) in [5.74, 6) is -1.55. The molecule has 2 saturated heterocycles. The fraction of sp³-hybridized carbons (Fsp3) is 0.417. The van der Waals surface area contributed by atoms with E-state index in [1.54, 1.807) is 17.0 Å². The zero-order chi connectivity index (χ0) is 24.7. The lowest BCUT2D eigenvalue weighted by Crippen LogP contribution is -2.48. The van der Waals surface area contributed by atoms with Gasteiger partial charge >= 0.3 is 18.4 Å². The number of fused-ring (bicyclic) bond motifs is 2. The predicted molar refractivity (Wildman–Crippen MR) is 109 cm³/mol. The first-order valence-electron chi connectivity index (χ1n) is 10.8. The van der Waals surface area contributed by atoms with E-state index in [1.807, 2.05) is 18.2 Å². The van der Waals surface area contributed by atoms with Gasteiger partial charge < -0.3 is 9.64 Å². The number of ketones is 1. The lowest BCUT2D eigenvalue weighted by molar-refractivity contribution is -0.143. The Balaban J connectivity index is 1.49. The molecule has 0 N–H and O–H groups in total. The molecule has 2 aromatic rings. The minimum Gasteiger partial charge on any atom is -0.445 e. The van der Waals surface area contributed by atoms with Crippen molar-refractivity contribution < 1.29 is 40.7 Å². The summed E-state index contributed by atoms with van der Waals surface area (Å²) in [4.78, 5) is 27.2. The van der Waals surface area contributed by atoms with Crippen molar-refractivity contribution >= 4 is 11.9 Å². The quantitative estimate of drug-likeness (QED) is 0.368. The Kier molecular flexibility index (Phi) is 6.35. The molecule has 0 radical (unpaired) electrons. The maximum Gasteiger partial charge on any atom is 0.416 e. The van der Waals surface area contributed by atoms with Gasteiger partial charge in [-0.2, -0.15) is 26.3 Å². The average molecular weight is 485 g/mol. The maximum absolute atomic E-state index is 13.2. The molecule has 2 aliphatic rings. The third kappa shape index (κ3) is 5.05. The highest BCUT2D eigenvalue weighted by Gasteiger charge is 2.46. The molecule has 4 rings (SSSR count). The summed E-state index contributed by atoms with van der Waals surface area (Å²) >= 11 is 0. The number of hydrogen-bond acceptors (Lipinski definition) is 3. The smallest absolute Gasteiger partial charge is 0.416 e. The molecule has 10 heteroatoms. The third-order valence-corrected chi connectivity index (χ3v) is 6.39. The van der Waals surface area contributed by atoms with E-state index in [4.69, 9.17) is 4.74 Å². The molecule has 2 aliphatic heterocycles. The number of hydrogen-bond donors (Lipinski definition) is 0. The van der Waals surface area contributed by atoms with Crippen LogP contribution in [-0.2, 0) is 23.7 Å². The third-order valence-electron chi connectivity index (χ3n) is 6.39. The van der Waals surface area contributed by atoms with Crippen LogP contribution >= 0.6 is 0 Å². The highest BCUT2D eigenvalue weighted by molar-refractivity contribution is 5.98. The Labute approximate surface area is 191 Å². The van der Waals surface area contributed by atoms with Crippen LogP contribution in [0.25, 0.3) is 0 Å². The minimum absolute atomic E-state index is 0.00578. The summed E-state index contributed by atoms with van der Waals surface area (Å²) in [5.41, 5.74) is -2.85. The Morgan fingerprint density at radius 2 is 1.38 bits per heavy atom. The van der Waals surface area contributed by atoms with Gasteiger partial charge in [0.25, 0.3) is 0 Å². The SMILES string of the molecule is O=C(c1cc(C(F)(F)F)cc(C(F)(F)F)c1)C1CC2CCC(C1)N2C(=O)OCc1ccccc1. The van der Waals surface area contributed by atoms with Gasteiger partial charge in [0.15, 0.2) is 5.78 Å². The molecule has 1 amide bonds. The number of ether oxygens (including phenoxy) is 1. The Bertz CT molecular complexity index is 1020. The summed E-state index contributed by atoms with van der Waals surface area (Å²) in [5, 5.41) is 0. The molecule has 2 unspecified atom stereocenters. The van der Waals surface area contributed by atoms with Crippen molar-refractivity contribution in [1.82, 2.24) is 4.90 Å². The van der Waals surface area contributed by atoms with Crippen molar-refractivity contribution in [1.29, 1.82) is 0 Å². The summed E-state index contributed by atoms with van der Waals surface area (Å²) < 4.78 is 84.4. The first-order valence-corrected chi connectivity index (χ1v) is 10.8. The van der Waals surface area contributed by atoms with Crippen molar-refractivity contribution in [3.8, 4) is 0 Å². The number of nitrogens with zero attached hydrogens (tertiary/aromatic N) is 1. The number of halogens is 6. The Morgan fingerprint density at radius 1 is 0.853 bits per heavy atom. The van der Waals surface area contributed by atoms with Gasteiger partial charge in [0.05, 0.1) is 11.1 Å². The molecular weight excluding hydrogens is 464 g/mol. The van der Waals surface area contributed by atoms with Crippen molar-refractivity contribution in [2.75, 3.05) is 0 Å². The zero-order valence-electron chi connectivity index (χ0n) is 17.8. The first-order chi connectivity index (χ1) is 15.9. The zero-order valence-corrected chi connectivity index (χ0v) is 17.8. The van der Waals surface area contributed by atoms with E-state index in [0.29, 0.717) is 25.0 Å². The molecule has 2 atom stereocenters. The highest BCUT2D eigenvalue weighted by Crippen LogP contribution is 2.42. The molecule has 0 saturated carbocycles. The van der Waals surface area contributed by atoms with Gasteiger partial charge in [-0.3, -0.25) is 4.79 Å². The topological polar surface area (TPSA) is 46.6 Å². The second-order valence-corrected chi connectivity index (χ2v) is 8.66. The van der Waals surface area contributed by atoms with Gasteiger partial charge in [-0.25, -0.2) is 4.79 Å². The van der Waals surface area contributed by atoms with E-state index in [-0.39, 0.29) is 37.6 Å². The number of benzene rings is 2. The number of alkyl halides is 6. The first kappa shape index (κ1) is 24.1. The molecular formula is C24H21F6NO3. The molecule has 2 heterocycles. The fourth-order valence-electron chi connectivity index (χ4n) is 4.82. The summed E-state index contributed by atoms with van der Waals surface area (Å²) in [6.45, 7) is 0.0719. The second-order valence-electron chi connectivity index (χ2n) is 8.66. The van der Waals surface area contributed by atoms with Crippen LogP contribution in [0, 0.1) is 5.92 Å². The molecule has 2 bridgehead atoms. The van der Waals surface area contributed by atoms with Gasteiger partial charge in [0, 0.05) is 23.6 Å². The van der Waals surface area contributed by atoms with Gasteiger partial charge in [-0.1, -0.05) is 30.3 Å². The standard InChI is InChI=1S/C24H21F6NO3/c25-23(26,27)17-8-15(9-18(12-17)24(28,29)30)21(32)16-10-19-6-7-20(11-16)31(19)22(33)34-13-14-4-2-1-3-5-14/h1-5,8-9,12,16,19-20H,6-7,10-11,13H2. The van der Waals surface area contributed by atoms with Gasteiger partial charge in [-0.15, -0.1) is 0 Å². The summed E-state index contributed by atoms with van der Waals surface area (Å²) in [6, 6.07) is 9.28. The van der Waals surface area contributed by atoms with E-state index in [2.05, 4.69) is 0 Å². The van der Waals surface area contributed by atoms with Crippen molar-refractivity contribution in [3.05, 3.63) is 70.8 Å². The van der Waals surface area contributed by atoms with Crippen LogP contribution in [0.4, 0.5) is 31.1 Å². The van der Waals surface area contributed by atoms with E-state index < -0.39 is 46.8 Å². The maximum atomic E-state index is 13.2. The second kappa shape index (κ2) is 8.96. The molecule has 4 nitrogen and oxygen atoms in total. The van der Waals surface area contributed by atoms with Gasteiger partial charge in [-0.05, 0) is 49.4 Å². The lowest BCUT2D eigenvalue weighted by Gasteiger charge is -2.37. The van der Waals surface area contributed by atoms with Crippen LogP contribution in [0.1, 0.15) is 52.7 Å². The average Bonchev–Trinajstić information content (AvgIpc) is 3.05. The normalized spacial score (nSPS) is 22.5. The molecule has 0 aliphatic carbocycles. The minimum atomic E-state index is -5.03. The summed E-state index contributed by atoms with van der Waals surface area (Å²) in [6.07, 6.45) is -9.10. The van der Waals surface area contributed by atoms with Gasteiger partial charge in [0.1, 0.15) is 6.61 Å². The molecule has 182 valence electrons. The van der Waals surface area contributed by atoms with Crippen LogP contribution in [-0.4, -0.2) is 28.9 Å². The molecule has 2 aromatic carbocycles. The summed E-state index contributed by atoms with van der Waals surface area (Å²) in [7, 11) is 0. The number of amides is 1. The number of rotatable bonds is 4. The number of carbonyl (C=O) groups is 2. The van der Waals surface area contributed by atoms with E-state index in [0.717, 1.165) is 5.56 Å². The van der Waals surface area contributed by atoms with Crippen LogP contribution in [0.3, 0.4) is 0 Å². The van der Waals surface area contributed by atoms with Crippen molar-refractivity contribution in [3.63, 3.8) is 0 Å². The van der Waals surface area contributed by atoms with E-state index in [1.165, 1.54) is 0 Å². The molecule has 2 fully saturated rings. The van der Waals surface area contributed by atoms with Crippen molar-refractivity contribution in [2.45, 2.75) is 56.7 Å². The number of carbonyl (C=O) groups excluding carboxylic acids is 2. The Morgan fingerprint density at radius 3 is 1.88 bits per heavy atom. The van der Waals surface area contributed by atoms with Crippen LogP contribution in [0.5, 0.6) is 0 Å². The van der Waals surface area contributed by atoms with Crippen molar-refractivity contribution in [2.24, 2.45) is 5.92 Å². The molecule has 0 aromatic heterocycles. The lowest BCUT2D eigenvalue weighted by atomic mass is 9.84.